The molecule has 222 valence electrons. The number of hydrogen-bond donors (Lipinski definition) is 0. The number of carbonyl (C=O) groups excluding carboxylic acids is 1. The van der Waals surface area contributed by atoms with Crippen molar-refractivity contribution in [3.8, 4) is 0 Å². The fraction of sp³-hybridized carbons (Fsp3) is 0.969. The largest absolute Gasteiger partial charge is 0.465 e. The average molecular weight is 529 g/mol. The van der Waals surface area contributed by atoms with Crippen molar-refractivity contribution in [2.24, 2.45) is 11.8 Å². The lowest BCUT2D eigenvalue weighted by atomic mass is 9.95. The molecule has 0 saturated heterocycles. The van der Waals surface area contributed by atoms with E-state index in [1.54, 1.807) is 0 Å². The zero-order valence-electron chi connectivity index (χ0n) is 25.4. The molecule has 0 bridgehead atoms. The molecule has 0 saturated carbocycles. The fourth-order valence-electron chi connectivity index (χ4n) is 4.57. The van der Waals surface area contributed by atoms with Crippen LogP contribution in [0.3, 0.4) is 0 Å². The van der Waals surface area contributed by atoms with Crippen LogP contribution in [0.25, 0.3) is 0 Å². The van der Waals surface area contributed by atoms with E-state index in [0.717, 1.165) is 6.61 Å². The maximum Gasteiger partial charge on any atom is 0.305 e. The van der Waals surface area contributed by atoms with Crippen LogP contribution in [0.5, 0.6) is 0 Å². The van der Waals surface area contributed by atoms with Gasteiger partial charge in [-0.25, -0.2) is 0 Å². The molecule has 0 aromatic heterocycles. The molecule has 2 atom stereocenters. The van der Waals surface area contributed by atoms with Crippen molar-refractivity contribution in [2.45, 2.75) is 143 Å². The van der Waals surface area contributed by atoms with Crippen LogP contribution in [0.4, 0.5) is 0 Å². The van der Waals surface area contributed by atoms with E-state index >= 15 is 0 Å². The Morgan fingerprint density at radius 2 is 1.03 bits per heavy atom. The number of unbranched alkanes of at least 4 members (excludes halogenated alkanes) is 9. The zero-order valence-corrected chi connectivity index (χ0v) is 25.4. The molecule has 37 heavy (non-hydrogen) atoms. The summed E-state index contributed by atoms with van der Waals surface area (Å²) in [4.78, 5) is 12.2. The van der Waals surface area contributed by atoms with Gasteiger partial charge in [-0.1, -0.05) is 111 Å². The van der Waals surface area contributed by atoms with Crippen LogP contribution in [0.2, 0.25) is 0 Å². The molecule has 5 heteroatoms. The third kappa shape index (κ3) is 26.7. The van der Waals surface area contributed by atoms with Gasteiger partial charge in [-0.15, -0.1) is 0 Å². The Morgan fingerprint density at radius 1 is 0.514 bits per heavy atom. The van der Waals surface area contributed by atoms with Crippen LogP contribution < -0.4 is 0 Å². The second-order valence-corrected chi connectivity index (χ2v) is 10.8. The topological polar surface area (TPSA) is 54.0 Å². The van der Waals surface area contributed by atoms with E-state index in [-0.39, 0.29) is 5.97 Å². The monoisotopic (exact) mass is 528 g/mol. The number of carbonyl (C=O) groups is 1. The molecular formula is C32H64O5. The Kier molecular flexibility index (Phi) is 29.4. The summed E-state index contributed by atoms with van der Waals surface area (Å²) in [5, 5.41) is 0. The average Bonchev–Trinajstić information content (AvgIpc) is 2.91. The molecule has 2 unspecified atom stereocenters. The van der Waals surface area contributed by atoms with E-state index in [1.807, 2.05) is 0 Å². The molecule has 0 heterocycles. The Morgan fingerprint density at radius 3 is 1.65 bits per heavy atom. The molecule has 0 fully saturated rings. The van der Waals surface area contributed by atoms with Crippen LogP contribution in [0, 0.1) is 11.8 Å². The maximum absolute atomic E-state index is 12.2. The highest BCUT2D eigenvalue weighted by molar-refractivity contribution is 5.69. The van der Waals surface area contributed by atoms with Crippen molar-refractivity contribution in [1.82, 2.24) is 0 Å². The van der Waals surface area contributed by atoms with E-state index < -0.39 is 0 Å². The zero-order chi connectivity index (χ0) is 27.2. The Labute approximate surface area is 231 Å². The van der Waals surface area contributed by atoms with Gasteiger partial charge in [-0.05, 0) is 37.5 Å². The minimum atomic E-state index is -0.0807. The molecule has 0 spiro atoms. The van der Waals surface area contributed by atoms with Gasteiger partial charge in [0.2, 0.25) is 0 Å². The molecule has 0 aliphatic carbocycles. The van der Waals surface area contributed by atoms with Gasteiger partial charge in [0.25, 0.3) is 0 Å². The van der Waals surface area contributed by atoms with Gasteiger partial charge in [0, 0.05) is 19.6 Å². The van der Waals surface area contributed by atoms with Crippen molar-refractivity contribution >= 4 is 5.97 Å². The van der Waals surface area contributed by atoms with Crippen molar-refractivity contribution in [3.63, 3.8) is 0 Å². The molecule has 0 radical (unpaired) electrons. The molecule has 5 nitrogen and oxygen atoms in total. The van der Waals surface area contributed by atoms with E-state index in [2.05, 4.69) is 27.7 Å². The van der Waals surface area contributed by atoms with Crippen LogP contribution >= 0.6 is 0 Å². The Hall–Kier alpha value is -0.650. The second kappa shape index (κ2) is 29.9. The van der Waals surface area contributed by atoms with Crippen molar-refractivity contribution in [1.29, 1.82) is 0 Å². The highest BCUT2D eigenvalue weighted by Gasteiger charge is 2.12. The molecule has 0 aliphatic heterocycles. The first-order valence-corrected chi connectivity index (χ1v) is 16.1. The van der Waals surface area contributed by atoms with Gasteiger partial charge >= 0.3 is 5.97 Å². The Bertz CT molecular complexity index is 456. The first-order valence-electron chi connectivity index (χ1n) is 16.1. The van der Waals surface area contributed by atoms with Gasteiger partial charge < -0.3 is 18.9 Å². The normalized spacial score (nSPS) is 13.1. The van der Waals surface area contributed by atoms with Gasteiger partial charge in [-0.2, -0.15) is 0 Å². The van der Waals surface area contributed by atoms with Crippen LogP contribution in [0.15, 0.2) is 0 Å². The van der Waals surface area contributed by atoms with E-state index in [1.165, 1.54) is 103 Å². The lowest BCUT2D eigenvalue weighted by Crippen LogP contribution is -2.15. The predicted octanol–water partition coefficient (Wildman–Crippen LogP) is 8.91. The van der Waals surface area contributed by atoms with Crippen LogP contribution in [-0.4, -0.2) is 52.2 Å². The number of hydrogen-bond acceptors (Lipinski definition) is 5. The minimum absolute atomic E-state index is 0.0807. The highest BCUT2D eigenvalue weighted by Crippen LogP contribution is 2.20. The van der Waals surface area contributed by atoms with E-state index in [4.69, 9.17) is 18.9 Å². The van der Waals surface area contributed by atoms with Gasteiger partial charge in [0.1, 0.15) is 0 Å². The summed E-state index contributed by atoms with van der Waals surface area (Å²) in [6.45, 7) is 13.4. The predicted molar refractivity (Wildman–Crippen MR) is 156 cm³/mol. The van der Waals surface area contributed by atoms with Gasteiger partial charge in [0.05, 0.1) is 33.0 Å². The van der Waals surface area contributed by atoms with Crippen molar-refractivity contribution in [3.05, 3.63) is 0 Å². The summed E-state index contributed by atoms with van der Waals surface area (Å²) in [5.41, 5.74) is 0. The second-order valence-electron chi connectivity index (χ2n) is 10.8. The maximum atomic E-state index is 12.2. The summed E-state index contributed by atoms with van der Waals surface area (Å²) in [6.07, 6.45) is 21.5. The SMILES string of the molecule is CCCCCCCCC(CCCCCC)COC(=O)CCCOCCOCCOCC(CC)CCCC. The molecule has 0 rings (SSSR count). The standard InChI is InChI=1S/C32H64O5/c1-5-9-12-14-15-17-21-31(20-16-13-10-6-2)29-37-32(33)22-18-23-34-24-25-35-26-27-36-28-30(8-4)19-11-7-3/h30-31H,5-29H2,1-4H3. The smallest absolute Gasteiger partial charge is 0.305 e. The third-order valence-corrected chi connectivity index (χ3v) is 7.22. The minimum Gasteiger partial charge on any atom is -0.465 e. The summed E-state index contributed by atoms with van der Waals surface area (Å²) < 4.78 is 22.6. The molecule has 0 N–H and O–H groups in total. The highest BCUT2D eigenvalue weighted by atomic mass is 16.5. The van der Waals surface area contributed by atoms with E-state index in [0.29, 0.717) is 64.3 Å². The van der Waals surface area contributed by atoms with Gasteiger partial charge in [-0.3, -0.25) is 4.79 Å². The summed E-state index contributed by atoms with van der Waals surface area (Å²) in [6, 6.07) is 0. The first-order chi connectivity index (χ1) is 18.2. The molecule has 0 amide bonds. The fourth-order valence-corrected chi connectivity index (χ4v) is 4.57. The quantitative estimate of drug-likeness (QED) is 0.0688. The first kappa shape index (κ1) is 36.4. The molecule has 0 aromatic rings. The molecular weight excluding hydrogens is 464 g/mol. The number of esters is 1. The molecule has 0 aromatic carbocycles. The summed E-state index contributed by atoms with van der Waals surface area (Å²) in [5.74, 6) is 1.11. The van der Waals surface area contributed by atoms with Crippen molar-refractivity contribution in [2.75, 3.05) is 46.2 Å². The molecule has 0 aliphatic rings. The van der Waals surface area contributed by atoms with E-state index in [9.17, 15) is 4.79 Å². The summed E-state index contributed by atoms with van der Waals surface area (Å²) in [7, 11) is 0. The van der Waals surface area contributed by atoms with Crippen LogP contribution in [0.1, 0.15) is 143 Å². The number of rotatable bonds is 30. The lowest BCUT2D eigenvalue weighted by molar-refractivity contribution is -0.145. The number of ether oxygens (including phenoxy) is 4. The summed E-state index contributed by atoms with van der Waals surface area (Å²) >= 11 is 0. The van der Waals surface area contributed by atoms with Gasteiger partial charge in [0.15, 0.2) is 0 Å². The third-order valence-electron chi connectivity index (χ3n) is 7.22. The Balaban J connectivity index is 3.75. The van der Waals surface area contributed by atoms with Crippen LogP contribution in [-0.2, 0) is 23.7 Å². The van der Waals surface area contributed by atoms with Crippen molar-refractivity contribution < 1.29 is 23.7 Å². The lowest BCUT2D eigenvalue weighted by Gasteiger charge is -2.17.